The zero-order chi connectivity index (χ0) is 14.0. The van der Waals surface area contributed by atoms with Gasteiger partial charge in [0.05, 0.1) is 6.61 Å². The molecule has 0 atom stereocenters. The Morgan fingerprint density at radius 3 is 2.37 bits per heavy atom. The lowest BCUT2D eigenvalue weighted by molar-refractivity contribution is 0.279. The van der Waals surface area contributed by atoms with Gasteiger partial charge in [0.2, 0.25) is 0 Å². The molecule has 0 aliphatic heterocycles. The van der Waals surface area contributed by atoms with Gasteiger partial charge in [0.25, 0.3) is 0 Å². The molecule has 0 radical (unpaired) electrons. The van der Waals surface area contributed by atoms with Crippen LogP contribution in [0.15, 0.2) is 32.7 Å². The Bertz CT molecular complexity index is 593. The molecule has 2 rings (SSSR count). The number of hydrogen-bond acceptors (Lipinski definition) is 4. The zero-order valence-electron chi connectivity index (χ0n) is 11.1. The van der Waals surface area contributed by atoms with Crippen molar-refractivity contribution in [2.75, 3.05) is 0 Å². The van der Waals surface area contributed by atoms with Gasteiger partial charge in [-0.15, -0.1) is 0 Å². The minimum absolute atomic E-state index is 0.0133. The Hall–Kier alpha value is -0.910. The molecule has 0 aliphatic rings. The minimum Gasteiger partial charge on any atom is -0.392 e. The Morgan fingerprint density at radius 2 is 1.79 bits per heavy atom. The highest BCUT2D eigenvalue weighted by Gasteiger charge is 2.09. The van der Waals surface area contributed by atoms with Crippen LogP contribution in [0.1, 0.15) is 22.5 Å². The van der Waals surface area contributed by atoms with Crippen molar-refractivity contribution >= 4 is 27.7 Å². The summed E-state index contributed by atoms with van der Waals surface area (Å²) in [6.07, 6.45) is 0. The minimum atomic E-state index is 0.0133. The predicted molar refractivity (Wildman–Crippen MR) is 80.4 cm³/mol. The van der Waals surface area contributed by atoms with E-state index in [1.807, 2.05) is 39.0 Å². The predicted octanol–water partition coefficient (Wildman–Crippen LogP) is 3.81. The van der Waals surface area contributed by atoms with Gasteiger partial charge in [0, 0.05) is 20.8 Å². The van der Waals surface area contributed by atoms with Crippen molar-refractivity contribution < 1.29 is 5.11 Å². The number of nitrogens with zero attached hydrogens (tertiary/aromatic N) is 2. The largest absolute Gasteiger partial charge is 0.392 e. The maximum Gasteiger partial charge on any atom is 0.192 e. The normalized spacial score (nSPS) is 10.8. The summed E-state index contributed by atoms with van der Waals surface area (Å²) >= 11 is 4.92. The summed E-state index contributed by atoms with van der Waals surface area (Å²) in [5.41, 5.74) is 4.00. The molecule has 0 unspecified atom stereocenters. The monoisotopic (exact) mass is 338 g/mol. The molecule has 3 nitrogen and oxygen atoms in total. The number of aromatic nitrogens is 2. The van der Waals surface area contributed by atoms with Crippen molar-refractivity contribution in [1.82, 2.24) is 9.97 Å². The van der Waals surface area contributed by atoms with E-state index in [0.717, 1.165) is 31.9 Å². The topological polar surface area (TPSA) is 46.0 Å². The molecule has 0 amide bonds. The molecule has 1 aromatic heterocycles. The molecule has 0 bridgehead atoms. The van der Waals surface area contributed by atoms with Gasteiger partial charge in [0.15, 0.2) is 5.16 Å². The number of aliphatic hydroxyl groups is 1. The molecular formula is C14H15BrN2OS. The molecule has 0 fully saturated rings. The summed E-state index contributed by atoms with van der Waals surface area (Å²) in [7, 11) is 0. The molecule has 1 heterocycles. The highest BCUT2D eigenvalue weighted by molar-refractivity contribution is 9.10. The standard InChI is InChI=1S/C14H15BrN2OS/c1-8-9(2)16-14(17-10(8)3)19-13-6-12(15)5-4-11(13)7-18/h4-6,18H,7H2,1-3H3. The first-order valence-electron chi connectivity index (χ1n) is 5.90. The fourth-order valence-corrected chi connectivity index (χ4v) is 3.16. The van der Waals surface area contributed by atoms with Crippen LogP contribution >= 0.6 is 27.7 Å². The van der Waals surface area contributed by atoms with Gasteiger partial charge in [-0.2, -0.15) is 0 Å². The smallest absolute Gasteiger partial charge is 0.192 e. The van der Waals surface area contributed by atoms with Gasteiger partial charge in [-0.3, -0.25) is 0 Å². The molecule has 0 aliphatic carbocycles. The van der Waals surface area contributed by atoms with Crippen molar-refractivity contribution in [2.45, 2.75) is 37.4 Å². The summed E-state index contributed by atoms with van der Waals surface area (Å²) in [4.78, 5) is 9.95. The van der Waals surface area contributed by atoms with Gasteiger partial charge in [-0.25, -0.2) is 9.97 Å². The van der Waals surface area contributed by atoms with Crippen LogP contribution in [0.3, 0.4) is 0 Å². The van der Waals surface area contributed by atoms with Crippen molar-refractivity contribution in [1.29, 1.82) is 0 Å². The molecule has 0 saturated heterocycles. The van der Waals surface area contributed by atoms with Gasteiger partial charge in [-0.1, -0.05) is 22.0 Å². The van der Waals surface area contributed by atoms with E-state index in [0.29, 0.717) is 5.16 Å². The van der Waals surface area contributed by atoms with E-state index in [1.165, 1.54) is 11.8 Å². The lowest BCUT2D eigenvalue weighted by atomic mass is 10.2. The first-order valence-corrected chi connectivity index (χ1v) is 7.51. The van der Waals surface area contributed by atoms with E-state index in [9.17, 15) is 5.11 Å². The Kier molecular flexibility index (Phi) is 4.60. The van der Waals surface area contributed by atoms with Crippen LogP contribution in [0.25, 0.3) is 0 Å². The van der Waals surface area contributed by atoms with Crippen LogP contribution in [0, 0.1) is 20.8 Å². The highest BCUT2D eigenvalue weighted by Crippen LogP contribution is 2.31. The molecule has 100 valence electrons. The average molecular weight is 339 g/mol. The van der Waals surface area contributed by atoms with Crippen LogP contribution in [-0.4, -0.2) is 15.1 Å². The molecule has 0 spiro atoms. The fraction of sp³-hybridized carbons (Fsp3) is 0.286. The van der Waals surface area contributed by atoms with Gasteiger partial charge in [-0.05, 0) is 55.8 Å². The van der Waals surface area contributed by atoms with Gasteiger partial charge < -0.3 is 5.11 Å². The third kappa shape index (κ3) is 3.35. The number of aryl methyl sites for hydroxylation is 2. The average Bonchev–Trinajstić information content (AvgIpc) is 2.36. The Morgan fingerprint density at radius 1 is 1.16 bits per heavy atom. The third-order valence-electron chi connectivity index (χ3n) is 3.01. The molecule has 0 saturated carbocycles. The SMILES string of the molecule is Cc1nc(Sc2cc(Br)ccc2CO)nc(C)c1C. The van der Waals surface area contributed by atoms with E-state index >= 15 is 0 Å². The van der Waals surface area contributed by atoms with E-state index < -0.39 is 0 Å². The number of hydrogen-bond donors (Lipinski definition) is 1. The molecule has 2 aromatic rings. The van der Waals surface area contributed by atoms with E-state index in [-0.39, 0.29) is 6.61 Å². The maximum atomic E-state index is 9.37. The second-order valence-electron chi connectivity index (χ2n) is 4.31. The summed E-state index contributed by atoms with van der Waals surface area (Å²) in [6.45, 7) is 6.01. The van der Waals surface area contributed by atoms with Crippen molar-refractivity contribution in [3.8, 4) is 0 Å². The van der Waals surface area contributed by atoms with E-state index in [1.54, 1.807) is 0 Å². The Labute approximate surface area is 125 Å². The molecular weight excluding hydrogens is 324 g/mol. The lowest BCUT2D eigenvalue weighted by Gasteiger charge is -2.09. The van der Waals surface area contributed by atoms with Gasteiger partial charge >= 0.3 is 0 Å². The van der Waals surface area contributed by atoms with Crippen LogP contribution < -0.4 is 0 Å². The maximum absolute atomic E-state index is 9.37. The second-order valence-corrected chi connectivity index (χ2v) is 6.24. The summed E-state index contributed by atoms with van der Waals surface area (Å²) in [5.74, 6) is 0. The number of aliphatic hydroxyl groups excluding tert-OH is 1. The molecule has 1 N–H and O–H groups in total. The third-order valence-corrected chi connectivity index (χ3v) is 4.47. The van der Waals surface area contributed by atoms with Crippen LogP contribution in [-0.2, 0) is 6.61 Å². The van der Waals surface area contributed by atoms with Crippen LogP contribution in [0.4, 0.5) is 0 Å². The Balaban J connectivity index is 2.38. The summed E-state index contributed by atoms with van der Waals surface area (Å²) in [6, 6.07) is 5.80. The van der Waals surface area contributed by atoms with Crippen molar-refractivity contribution in [3.63, 3.8) is 0 Å². The summed E-state index contributed by atoms with van der Waals surface area (Å²) < 4.78 is 0.979. The van der Waals surface area contributed by atoms with Crippen molar-refractivity contribution in [3.05, 3.63) is 45.2 Å². The quantitative estimate of drug-likeness (QED) is 0.864. The van der Waals surface area contributed by atoms with Crippen molar-refractivity contribution in [2.24, 2.45) is 0 Å². The van der Waals surface area contributed by atoms with E-state index in [4.69, 9.17) is 0 Å². The molecule has 19 heavy (non-hydrogen) atoms. The molecule has 1 aromatic carbocycles. The van der Waals surface area contributed by atoms with Crippen LogP contribution in [0.5, 0.6) is 0 Å². The second kappa shape index (κ2) is 6.03. The number of halogens is 1. The molecule has 5 heteroatoms. The fourth-order valence-electron chi connectivity index (χ4n) is 1.64. The number of rotatable bonds is 3. The van der Waals surface area contributed by atoms with Crippen LogP contribution in [0.2, 0.25) is 0 Å². The lowest BCUT2D eigenvalue weighted by Crippen LogP contribution is -1.98. The highest BCUT2D eigenvalue weighted by atomic mass is 79.9. The first kappa shape index (κ1) is 14.5. The first-order chi connectivity index (χ1) is 9.01. The van der Waals surface area contributed by atoms with Gasteiger partial charge in [0.1, 0.15) is 0 Å². The zero-order valence-corrected chi connectivity index (χ0v) is 13.5. The van der Waals surface area contributed by atoms with E-state index in [2.05, 4.69) is 25.9 Å². The number of benzene rings is 1. The summed E-state index contributed by atoms with van der Waals surface area (Å²) in [5, 5.41) is 10.1.